The molecule has 3 rings (SSSR count). The van der Waals surface area contributed by atoms with Crippen molar-refractivity contribution in [1.29, 1.82) is 0 Å². The Labute approximate surface area is 146 Å². The molecular formula is C20H16IO2-. The van der Waals surface area contributed by atoms with Gasteiger partial charge in [-0.2, -0.15) is 0 Å². The molecule has 0 fully saturated rings. The first kappa shape index (κ1) is 15.7. The molecule has 2 nitrogen and oxygen atoms in total. The molecule has 0 aliphatic carbocycles. The zero-order valence-corrected chi connectivity index (χ0v) is 14.6. The van der Waals surface area contributed by atoms with Gasteiger partial charge < -0.3 is 0 Å². The van der Waals surface area contributed by atoms with Crippen LogP contribution in [-0.4, -0.2) is 11.1 Å². The summed E-state index contributed by atoms with van der Waals surface area (Å²) in [5, 5.41) is 9.59. The Balaban J connectivity index is 1.84. The summed E-state index contributed by atoms with van der Waals surface area (Å²) in [5.41, 5.74) is 1.63. The van der Waals surface area contributed by atoms with Crippen molar-refractivity contribution in [2.24, 2.45) is 0 Å². The summed E-state index contributed by atoms with van der Waals surface area (Å²) in [4.78, 5) is 11.7. The second kappa shape index (κ2) is 7.42. The number of rotatable bonds is 5. The minimum absolute atomic E-state index is 0.222. The van der Waals surface area contributed by atoms with E-state index in [1.54, 1.807) is 0 Å². The number of hydrogen-bond acceptors (Lipinski definition) is 1. The second-order valence-corrected chi connectivity index (χ2v) is 8.15. The van der Waals surface area contributed by atoms with E-state index in [1.807, 2.05) is 48.5 Å². The van der Waals surface area contributed by atoms with Crippen LogP contribution in [0.4, 0.5) is 0 Å². The molecule has 0 saturated heterocycles. The van der Waals surface area contributed by atoms with Gasteiger partial charge >= 0.3 is 146 Å². The summed E-state index contributed by atoms with van der Waals surface area (Å²) in [5.74, 6) is -1.43. The molecule has 0 saturated carbocycles. The van der Waals surface area contributed by atoms with Gasteiger partial charge in [-0.25, -0.2) is 0 Å². The van der Waals surface area contributed by atoms with E-state index in [9.17, 15) is 9.90 Å². The number of benzene rings is 3. The van der Waals surface area contributed by atoms with Gasteiger partial charge in [-0.3, -0.25) is 0 Å². The number of aliphatic carboxylic acids is 1. The van der Waals surface area contributed by atoms with E-state index in [-0.39, 0.29) is 21.2 Å². The van der Waals surface area contributed by atoms with Gasteiger partial charge in [0.15, 0.2) is 0 Å². The molecule has 0 amide bonds. The Morgan fingerprint density at radius 3 is 1.74 bits per heavy atom. The van der Waals surface area contributed by atoms with Gasteiger partial charge in [-0.15, -0.1) is 0 Å². The van der Waals surface area contributed by atoms with Crippen LogP contribution in [0.3, 0.4) is 0 Å². The fourth-order valence-electron chi connectivity index (χ4n) is 2.44. The van der Waals surface area contributed by atoms with Crippen LogP contribution in [0, 0.1) is 7.14 Å². The molecular weight excluding hydrogens is 399 g/mol. The van der Waals surface area contributed by atoms with Crippen LogP contribution in [0.25, 0.3) is 0 Å². The summed E-state index contributed by atoms with van der Waals surface area (Å²) in [6.45, 7) is 0. The van der Waals surface area contributed by atoms with Crippen molar-refractivity contribution >= 4 is 5.97 Å². The molecule has 1 unspecified atom stereocenters. The molecule has 0 spiro atoms. The van der Waals surface area contributed by atoms with Crippen LogP contribution in [0.2, 0.25) is 0 Å². The predicted molar refractivity (Wildman–Crippen MR) is 86.2 cm³/mol. The number of carboxylic acid groups (broad SMARTS) is 1. The van der Waals surface area contributed by atoms with E-state index >= 15 is 0 Å². The molecule has 0 radical (unpaired) electrons. The second-order valence-electron chi connectivity index (χ2n) is 5.12. The average molecular weight is 415 g/mol. The van der Waals surface area contributed by atoms with Crippen molar-refractivity contribution in [2.45, 2.75) is 5.92 Å². The number of carboxylic acids is 1. The quantitative estimate of drug-likeness (QED) is 0.633. The van der Waals surface area contributed by atoms with Crippen molar-refractivity contribution < 1.29 is 31.1 Å². The predicted octanol–water partition coefficient (Wildman–Crippen LogP) is 1.03. The van der Waals surface area contributed by atoms with E-state index in [0.29, 0.717) is 0 Å². The zero-order chi connectivity index (χ0) is 16.1. The first-order valence-corrected chi connectivity index (χ1v) is 9.47. The molecule has 1 N–H and O–H groups in total. The van der Waals surface area contributed by atoms with Gasteiger partial charge in [0.05, 0.1) is 0 Å². The third-order valence-corrected chi connectivity index (χ3v) is 6.22. The molecule has 0 bridgehead atoms. The fraction of sp³-hybridized carbons (Fsp3) is 0.0500. The van der Waals surface area contributed by atoms with Crippen molar-refractivity contribution in [3.63, 3.8) is 0 Å². The zero-order valence-electron chi connectivity index (χ0n) is 12.4. The fourth-order valence-corrected chi connectivity index (χ4v) is 4.66. The molecule has 0 heterocycles. The maximum absolute atomic E-state index is 11.7. The van der Waals surface area contributed by atoms with E-state index < -0.39 is 11.9 Å². The summed E-state index contributed by atoms with van der Waals surface area (Å²) >= 11 is -0.222. The van der Waals surface area contributed by atoms with Crippen molar-refractivity contribution in [3.8, 4) is 0 Å². The minimum atomic E-state index is -0.818. The Bertz CT molecular complexity index is 768. The summed E-state index contributed by atoms with van der Waals surface area (Å²) in [7, 11) is 0. The molecule has 3 heteroatoms. The van der Waals surface area contributed by atoms with Gasteiger partial charge in [0.2, 0.25) is 0 Å². The van der Waals surface area contributed by atoms with Gasteiger partial charge in [0, 0.05) is 0 Å². The van der Waals surface area contributed by atoms with Gasteiger partial charge in [0.1, 0.15) is 0 Å². The van der Waals surface area contributed by atoms with Crippen molar-refractivity contribution in [2.75, 3.05) is 0 Å². The first-order chi connectivity index (χ1) is 11.2. The topological polar surface area (TPSA) is 37.3 Å². The van der Waals surface area contributed by atoms with Crippen molar-refractivity contribution in [1.82, 2.24) is 0 Å². The van der Waals surface area contributed by atoms with E-state index in [0.717, 1.165) is 11.1 Å². The van der Waals surface area contributed by atoms with E-state index in [2.05, 4.69) is 36.4 Å². The first-order valence-electron chi connectivity index (χ1n) is 7.31. The third-order valence-electron chi connectivity index (χ3n) is 3.53. The summed E-state index contributed by atoms with van der Waals surface area (Å²) in [6.07, 6.45) is 0. The standard InChI is InChI=1S/C20H16IO2/c22-20(23)19(15-7-3-1-4-8-15)16-11-13-18(14-12-16)21-17-9-5-2-6-10-17/h1-14,19H,(H,22,23)/q-1. The van der Waals surface area contributed by atoms with Crippen LogP contribution in [-0.2, 0) is 4.79 Å². The van der Waals surface area contributed by atoms with Crippen LogP contribution in [0.5, 0.6) is 0 Å². The molecule has 116 valence electrons. The molecule has 3 aromatic rings. The van der Waals surface area contributed by atoms with Crippen molar-refractivity contribution in [3.05, 3.63) is 103 Å². The SMILES string of the molecule is O=C(O)C(c1ccccc1)c1ccc([I-]c2ccccc2)cc1. The van der Waals surface area contributed by atoms with E-state index in [1.165, 1.54) is 7.14 Å². The summed E-state index contributed by atoms with van der Waals surface area (Å²) in [6, 6.07) is 27.8. The third kappa shape index (κ3) is 3.99. The molecule has 3 aromatic carbocycles. The molecule has 1 atom stereocenters. The van der Waals surface area contributed by atoms with Crippen LogP contribution in [0.1, 0.15) is 17.0 Å². The van der Waals surface area contributed by atoms with Crippen LogP contribution < -0.4 is 21.2 Å². The molecule has 0 aliphatic heterocycles. The van der Waals surface area contributed by atoms with Gasteiger partial charge in [-0.05, 0) is 0 Å². The Morgan fingerprint density at radius 1 is 0.696 bits per heavy atom. The molecule has 0 aliphatic rings. The number of hydrogen-bond donors (Lipinski definition) is 1. The van der Waals surface area contributed by atoms with Crippen LogP contribution >= 0.6 is 0 Å². The van der Waals surface area contributed by atoms with Gasteiger partial charge in [-0.1, -0.05) is 0 Å². The van der Waals surface area contributed by atoms with E-state index in [4.69, 9.17) is 0 Å². The monoisotopic (exact) mass is 415 g/mol. The molecule has 0 aromatic heterocycles. The Kier molecular flexibility index (Phi) is 5.08. The summed E-state index contributed by atoms with van der Waals surface area (Å²) < 4.78 is 2.65. The van der Waals surface area contributed by atoms with Crippen LogP contribution in [0.15, 0.2) is 84.9 Å². The maximum atomic E-state index is 11.7. The number of carbonyl (C=O) groups is 1. The normalized spacial score (nSPS) is 12.0. The number of halogens is 1. The Morgan fingerprint density at radius 2 is 1.17 bits per heavy atom. The Hall–Kier alpha value is -2.14. The van der Waals surface area contributed by atoms with Gasteiger partial charge in [0.25, 0.3) is 0 Å². The average Bonchev–Trinajstić information content (AvgIpc) is 2.58. The molecule has 23 heavy (non-hydrogen) atoms.